The molecule has 0 aliphatic carbocycles. The maximum Gasteiger partial charge on any atom is -0.00139 e. The zero-order chi connectivity index (χ0) is 33.0. The molecule has 0 saturated heterocycles. The number of benzene rings is 10. The fourth-order valence-corrected chi connectivity index (χ4v) is 8.27. The monoisotopic (exact) mass is 632 g/mol. The Labute approximate surface area is 291 Å². The molecule has 0 N–H and O–H groups in total. The van der Waals surface area contributed by atoms with Crippen LogP contribution in [-0.2, 0) is 0 Å². The van der Waals surface area contributed by atoms with Crippen molar-refractivity contribution in [1.29, 1.82) is 0 Å². The van der Waals surface area contributed by atoms with E-state index in [1.54, 1.807) is 0 Å². The predicted molar refractivity (Wildman–Crippen MR) is 216 cm³/mol. The molecule has 0 amide bonds. The predicted octanol–water partition coefficient (Wildman–Crippen LogP) is 14.1. The van der Waals surface area contributed by atoms with Gasteiger partial charge in [-0.05, 0) is 104 Å². The molecule has 10 rings (SSSR count). The van der Waals surface area contributed by atoms with E-state index in [1.807, 2.05) is 0 Å². The highest BCUT2D eigenvalue weighted by atomic mass is 14.2. The molecule has 0 heterocycles. The van der Waals surface area contributed by atoms with E-state index in [4.69, 9.17) is 0 Å². The minimum absolute atomic E-state index is 1.22. The molecule has 0 radical (unpaired) electrons. The molecule has 0 nitrogen and oxygen atoms in total. The van der Waals surface area contributed by atoms with Crippen molar-refractivity contribution < 1.29 is 0 Å². The standard InChI is InChI=1S/C50H32/c1-4-22-38-33(14-1)17-10-27-41(38)36-20-9-21-37(32-36)48-45-25-7-8-26-46(45)49(43-29-12-19-35-16-3-6-24-40(35)43)47-31-13-30-44(50(47)48)42-28-11-18-34-15-2-5-23-39(34)42/h1-32H. The first-order valence-electron chi connectivity index (χ1n) is 17.4. The van der Waals surface area contributed by atoms with Crippen molar-refractivity contribution in [1.82, 2.24) is 0 Å². The normalized spacial score (nSPS) is 11.6. The van der Waals surface area contributed by atoms with E-state index in [-0.39, 0.29) is 0 Å². The highest BCUT2D eigenvalue weighted by molar-refractivity contribution is 6.27. The van der Waals surface area contributed by atoms with Gasteiger partial charge in [0.05, 0.1) is 0 Å². The number of hydrogen-bond donors (Lipinski definition) is 0. The fourth-order valence-electron chi connectivity index (χ4n) is 8.27. The lowest BCUT2D eigenvalue weighted by Crippen LogP contribution is -1.94. The van der Waals surface area contributed by atoms with Crippen LogP contribution in [0.15, 0.2) is 194 Å². The molecular weight excluding hydrogens is 601 g/mol. The third kappa shape index (κ3) is 4.46. The van der Waals surface area contributed by atoms with Crippen LogP contribution >= 0.6 is 0 Å². The van der Waals surface area contributed by atoms with Crippen LogP contribution in [0, 0.1) is 0 Å². The van der Waals surface area contributed by atoms with Crippen LogP contribution in [0.5, 0.6) is 0 Å². The van der Waals surface area contributed by atoms with Crippen molar-refractivity contribution in [3.05, 3.63) is 194 Å². The van der Waals surface area contributed by atoms with Crippen LogP contribution in [0.3, 0.4) is 0 Å². The van der Waals surface area contributed by atoms with Gasteiger partial charge in [-0.2, -0.15) is 0 Å². The van der Waals surface area contributed by atoms with Crippen LogP contribution in [0.1, 0.15) is 0 Å². The zero-order valence-corrected chi connectivity index (χ0v) is 27.5. The maximum absolute atomic E-state index is 2.40. The molecule has 0 saturated carbocycles. The highest BCUT2D eigenvalue weighted by Gasteiger charge is 2.21. The van der Waals surface area contributed by atoms with E-state index < -0.39 is 0 Å². The Bertz CT molecular complexity index is 2910. The smallest absolute Gasteiger partial charge is 0.00139 e. The summed E-state index contributed by atoms with van der Waals surface area (Å²) in [6, 6.07) is 71.4. The summed E-state index contributed by atoms with van der Waals surface area (Å²) in [5, 5.41) is 12.6. The Morgan fingerprint density at radius 2 is 0.620 bits per heavy atom. The molecule has 0 unspecified atom stereocenters. The molecule has 10 aromatic rings. The van der Waals surface area contributed by atoms with Gasteiger partial charge in [-0.25, -0.2) is 0 Å². The van der Waals surface area contributed by atoms with Crippen molar-refractivity contribution in [2.75, 3.05) is 0 Å². The fraction of sp³-hybridized carbons (Fsp3) is 0. The molecule has 10 aromatic carbocycles. The van der Waals surface area contributed by atoms with E-state index in [1.165, 1.54) is 98.4 Å². The third-order valence-corrected chi connectivity index (χ3v) is 10.4. The second-order valence-electron chi connectivity index (χ2n) is 13.2. The molecule has 0 heteroatoms. The van der Waals surface area contributed by atoms with Crippen molar-refractivity contribution in [2.24, 2.45) is 0 Å². The van der Waals surface area contributed by atoms with E-state index in [2.05, 4.69) is 194 Å². The Morgan fingerprint density at radius 3 is 1.28 bits per heavy atom. The molecule has 0 bridgehead atoms. The summed E-state index contributed by atoms with van der Waals surface area (Å²) >= 11 is 0. The van der Waals surface area contributed by atoms with E-state index in [0.29, 0.717) is 0 Å². The Morgan fingerprint density at radius 1 is 0.220 bits per heavy atom. The van der Waals surface area contributed by atoms with E-state index in [9.17, 15) is 0 Å². The van der Waals surface area contributed by atoms with Crippen molar-refractivity contribution in [3.63, 3.8) is 0 Å². The lowest BCUT2D eigenvalue weighted by molar-refractivity contribution is 1.63. The van der Waals surface area contributed by atoms with Gasteiger partial charge in [0.1, 0.15) is 0 Å². The summed E-state index contributed by atoms with van der Waals surface area (Å²) in [6.45, 7) is 0. The Balaban J connectivity index is 1.37. The number of hydrogen-bond acceptors (Lipinski definition) is 0. The molecule has 0 aromatic heterocycles. The summed E-state index contributed by atoms with van der Waals surface area (Å²) in [6.07, 6.45) is 0. The van der Waals surface area contributed by atoms with Gasteiger partial charge in [0.25, 0.3) is 0 Å². The summed E-state index contributed by atoms with van der Waals surface area (Å²) in [7, 11) is 0. The van der Waals surface area contributed by atoms with Gasteiger partial charge in [-0.1, -0.05) is 188 Å². The van der Waals surface area contributed by atoms with Crippen LogP contribution in [0.4, 0.5) is 0 Å². The SMILES string of the molecule is c1cc(-c2cccc3ccccc23)cc(-c2c3ccccc3c(-c3cccc4ccccc34)c3cccc(-c4cccc5ccccc45)c23)c1. The highest BCUT2D eigenvalue weighted by Crippen LogP contribution is 2.49. The number of fused-ring (bicyclic) bond motifs is 5. The summed E-state index contributed by atoms with van der Waals surface area (Å²) in [5.74, 6) is 0. The van der Waals surface area contributed by atoms with Crippen molar-refractivity contribution in [2.45, 2.75) is 0 Å². The molecule has 0 aliphatic rings. The molecular formula is C50H32. The van der Waals surface area contributed by atoms with E-state index >= 15 is 0 Å². The summed E-state index contributed by atoms with van der Waals surface area (Å²) < 4.78 is 0. The first-order chi connectivity index (χ1) is 24.8. The minimum atomic E-state index is 1.22. The van der Waals surface area contributed by atoms with Crippen LogP contribution in [0.2, 0.25) is 0 Å². The van der Waals surface area contributed by atoms with Gasteiger partial charge in [0.15, 0.2) is 0 Å². The lowest BCUT2D eigenvalue weighted by Gasteiger charge is -2.22. The average Bonchev–Trinajstić information content (AvgIpc) is 3.19. The second kappa shape index (κ2) is 11.6. The van der Waals surface area contributed by atoms with Gasteiger partial charge < -0.3 is 0 Å². The van der Waals surface area contributed by atoms with E-state index in [0.717, 1.165) is 0 Å². The van der Waals surface area contributed by atoms with Gasteiger partial charge in [0, 0.05) is 0 Å². The zero-order valence-electron chi connectivity index (χ0n) is 27.5. The molecule has 50 heavy (non-hydrogen) atoms. The first kappa shape index (κ1) is 28.5. The van der Waals surface area contributed by atoms with Crippen LogP contribution in [-0.4, -0.2) is 0 Å². The molecule has 0 aliphatic heterocycles. The van der Waals surface area contributed by atoms with Gasteiger partial charge in [-0.15, -0.1) is 0 Å². The lowest BCUT2D eigenvalue weighted by atomic mass is 9.81. The quantitative estimate of drug-likeness (QED) is 0.169. The van der Waals surface area contributed by atoms with Crippen molar-refractivity contribution in [3.8, 4) is 44.5 Å². The van der Waals surface area contributed by atoms with Crippen LogP contribution < -0.4 is 0 Å². The first-order valence-corrected chi connectivity index (χ1v) is 17.4. The molecule has 232 valence electrons. The second-order valence-corrected chi connectivity index (χ2v) is 13.2. The summed E-state index contributed by atoms with van der Waals surface area (Å²) in [4.78, 5) is 0. The Kier molecular flexibility index (Phi) is 6.60. The summed E-state index contributed by atoms with van der Waals surface area (Å²) in [5.41, 5.74) is 9.99. The molecule has 0 spiro atoms. The Hall–Kier alpha value is -6.50. The largest absolute Gasteiger partial charge is 0.0616 e. The molecule has 0 fully saturated rings. The van der Waals surface area contributed by atoms with Crippen molar-refractivity contribution >= 4 is 53.9 Å². The molecule has 0 atom stereocenters. The number of rotatable bonds is 4. The van der Waals surface area contributed by atoms with Gasteiger partial charge in [0.2, 0.25) is 0 Å². The van der Waals surface area contributed by atoms with Crippen LogP contribution in [0.25, 0.3) is 98.4 Å². The average molecular weight is 633 g/mol. The topological polar surface area (TPSA) is 0 Å². The van der Waals surface area contributed by atoms with Gasteiger partial charge in [-0.3, -0.25) is 0 Å². The maximum atomic E-state index is 2.40. The third-order valence-electron chi connectivity index (χ3n) is 10.4. The van der Waals surface area contributed by atoms with Gasteiger partial charge >= 0.3 is 0 Å². The minimum Gasteiger partial charge on any atom is -0.0616 e.